The van der Waals surface area contributed by atoms with Gasteiger partial charge in [0.25, 0.3) is 0 Å². The Labute approximate surface area is 90.9 Å². The third-order valence-corrected chi connectivity index (χ3v) is 2.17. The van der Waals surface area contributed by atoms with E-state index in [1.54, 1.807) is 4.90 Å². The van der Waals surface area contributed by atoms with Crippen LogP contribution in [0.15, 0.2) is 30.3 Å². The fraction of sp³-hybridized carbons (Fsp3) is 0.308. The van der Waals surface area contributed by atoms with E-state index in [1.807, 2.05) is 37.3 Å². The molecule has 0 saturated heterocycles. The van der Waals surface area contributed by atoms with Crippen LogP contribution in [0.1, 0.15) is 19.8 Å². The molecule has 1 rings (SSSR count). The molecule has 0 aromatic heterocycles. The molecule has 0 heterocycles. The first-order chi connectivity index (χ1) is 7.29. The lowest BCUT2D eigenvalue weighted by Crippen LogP contribution is -2.30. The third-order valence-electron chi connectivity index (χ3n) is 2.17. The average Bonchev–Trinajstić information content (AvgIpc) is 2.29. The molecule has 78 valence electrons. The molecule has 0 bridgehead atoms. The zero-order valence-electron chi connectivity index (χ0n) is 8.94. The maximum atomic E-state index is 11.8. The molecule has 1 aromatic rings. The van der Waals surface area contributed by atoms with Crippen LogP contribution in [-0.2, 0) is 4.79 Å². The maximum Gasteiger partial charge on any atom is 0.227 e. The van der Waals surface area contributed by atoms with Crippen LogP contribution in [0.4, 0.5) is 5.69 Å². The Hall–Kier alpha value is -1.75. The van der Waals surface area contributed by atoms with E-state index < -0.39 is 0 Å². The van der Waals surface area contributed by atoms with Crippen molar-refractivity contribution in [2.75, 3.05) is 11.4 Å². The van der Waals surface area contributed by atoms with E-state index in [9.17, 15) is 4.79 Å². The SMILES string of the molecule is C#CCCC(=O)N(CC)c1ccccc1. The molecule has 0 fully saturated rings. The van der Waals surface area contributed by atoms with Gasteiger partial charge in [0.15, 0.2) is 0 Å². The van der Waals surface area contributed by atoms with E-state index in [0.717, 1.165) is 5.69 Å². The van der Waals surface area contributed by atoms with E-state index in [-0.39, 0.29) is 5.91 Å². The van der Waals surface area contributed by atoms with Gasteiger partial charge in [0.2, 0.25) is 5.91 Å². The summed E-state index contributed by atoms with van der Waals surface area (Å²) in [6.45, 7) is 2.63. The van der Waals surface area contributed by atoms with Gasteiger partial charge >= 0.3 is 0 Å². The van der Waals surface area contributed by atoms with Crippen LogP contribution < -0.4 is 4.90 Å². The summed E-state index contributed by atoms with van der Waals surface area (Å²) in [7, 11) is 0. The number of para-hydroxylation sites is 1. The summed E-state index contributed by atoms with van der Waals surface area (Å²) in [5.74, 6) is 2.57. The van der Waals surface area contributed by atoms with Gasteiger partial charge in [-0.1, -0.05) is 18.2 Å². The summed E-state index contributed by atoms with van der Waals surface area (Å²) in [6, 6.07) is 9.64. The van der Waals surface area contributed by atoms with Crippen LogP contribution in [0.3, 0.4) is 0 Å². The smallest absolute Gasteiger partial charge is 0.227 e. The molecule has 1 amide bonds. The highest BCUT2D eigenvalue weighted by atomic mass is 16.2. The molecule has 15 heavy (non-hydrogen) atoms. The normalized spacial score (nSPS) is 9.33. The Bertz CT molecular complexity index is 351. The van der Waals surface area contributed by atoms with Crippen molar-refractivity contribution < 1.29 is 4.79 Å². The summed E-state index contributed by atoms with van der Waals surface area (Å²) in [6.07, 6.45) is 6.05. The number of benzene rings is 1. The molecule has 0 aliphatic heterocycles. The van der Waals surface area contributed by atoms with Gasteiger partial charge in [-0.05, 0) is 19.1 Å². The summed E-state index contributed by atoms with van der Waals surface area (Å²) in [4.78, 5) is 13.5. The second-order valence-electron chi connectivity index (χ2n) is 3.18. The molecule has 2 nitrogen and oxygen atoms in total. The summed E-state index contributed by atoms with van der Waals surface area (Å²) in [5, 5.41) is 0. The van der Waals surface area contributed by atoms with Crippen molar-refractivity contribution >= 4 is 11.6 Å². The number of nitrogens with zero attached hydrogens (tertiary/aromatic N) is 1. The predicted molar refractivity (Wildman–Crippen MR) is 62.5 cm³/mol. The number of rotatable bonds is 4. The molecular formula is C13H15NO. The lowest BCUT2D eigenvalue weighted by Gasteiger charge is -2.20. The third kappa shape index (κ3) is 3.14. The predicted octanol–water partition coefficient (Wildman–Crippen LogP) is 2.45. The highest BCUT2D eigenvalue weighted by molar-refractivity contribution is 5.93. The van der Waals surface area contributed by atoms with Gasteiger partial charge in [-0.15, -0.1) is 12.3 Å². The van der Waals surface area contributed by atoms with Gasteiger partial charge in [-0.25, -0.2) is 0 Å². The van der Waals surface area contributed by atoms with Crippen molar-refractivity contribution in [2.45, 2.75) is 19.8 Å². The number of carbonyl (C=O) groups is 1. The standard InChI is InChI=1S/C13H15NO/c1-3-5-11-13(15)14(4-2)12-9-7-6-8-10-12/h1,6-10H,4-5,11H2,2H3. The number of carbonyl (C=O) groups excluding carboxylic acids is 1. The van der Waals surface area contributed by atoms with E-state index >= 15 is 0 Å². The van der Waals surface area contributed by atoms with Crippen molar-refractivity contribution in [3.8, 4) is 12.3 Å². The Morgan fingerprint density at radius 1 is 1.40 bits per heavy atom. The Balaban J connectivity index is 2.72. The van der Waals surface area contributed by atoms with Crippen LogP contribution in [0.2, 0.25) is 0 Å². The molecule has 0 radical (unpaired) electrons. The van der Waals surface area contributed by atoms with Crippen molar-refractivity contribution in [3.63, 3.8) is 0 Å². The molecule has 2 heteroatoms. The van der Waals surface area contributed by atoms with Gasteiger partial charge in [-0.3, -0.25) is 4.79 Å². The van der Waals surface area contributed by atoms with Gasteiger partial charge in [0.1, 0.15) is 0 Å². The second kappa shape index (κ2) is 5.87. The van der Waals surface area contributed by atoms with E-state index in [1.165, 1.54) is 0 Å². The fourth-order valence-corrected chi connectivity index (χ4v) is 1.42. The van der Waals surface area contributed by atoms with E-state index in [4.69, 9.17) is 6.42 Å². The van der Waals surface area contributed by atoms with Gasteiger partial charge in [0, 0.05) is 25.1 Å². The molecule has 0 spiro atoms. The first-order valence-electron chi connectivity index (χ1n) is 5.08. The highest BCUT2D eigenvalue weighted by Crippen LogP contribution is 2.14. The first-order valence-corrected chi connectivity index (χ1v) is 5.08. The number of anilines is 1. The Morgan fingerprint density at radius 2 is 2.07 bits per heavy atom. The van der Waals surface area contributed by atoms with Crippen LogP contribution in [0.25, 0.3) is 0 Å². The van der Waals surface area contributed by atoms with Crippen molar-refractivity contribution in [2.24, 2.45) is 0 Å². The first kappa shape index (κ1) is 11.3. The minimum absolute atomic E-state index is 0.0849. The van der Waals surface area contributed by atoms with E-state index in [2.05, 4.69) is 5.92 Å². The molecular weight excluding hydrogens is 186 g/mol. The topological polar surface area (TPSA) is 20.3 Å². The molecule has 0 N–H and O–H groups in total. The van der Waals surface area contributed by atoms with Crippen molar-refractivity contribution in [1.82, 2.24) is 0 Å². The number of hydrogen-bond acceptors (Lipinski definition) is 1. The second-order valence-corrected chi connectivity index (χ2v) is 3.18. The van der Waals surface area contributed by atoms with Crippen molar-refractivity contribution in [1.29, 1.82) is 0 Å². The van der Waals surface area contributed by atoms with Crippen molar-refractivity contribution in [3.05, 3.63) is 30.3 Å². The maximum absolute atomic E-state index is 11.8. The molecule has 1 aromatic carbocycles. The monoisotopic (exact) mass is 201 g/mol. The van der Waals surface area contributed by atoms with Gasteiger partial charge in [0.05, 0.1) is 0 Å². The summed E-state index contributed by atoms with van der Waals surface area (Å²) >= 11 is 0. The summed E-state index contributed by atoms with van der Waals surface area (Å²) in [5.41, 5.74) is 0.932. The number of hydrogen-bond donors (Lipinski definition) is 0. The Morgan fingerprint density at radius 3 is 2.60 bits per heavy atom. The van der Waals surface area contributed by atoms with Crippen LogP contribution in [-0.4, -0.2) is 12.5 Å². The molecule has 0 saturated carbocycles. The van der Waals surface area contributed by atoms with Gasteiger partial charge in [-0.2, -0.15) is 0 Å². The minimum Gasteiger partial charge on any atom is -0.313 e. The number of terminal acetylenes is 1. The minimum atomic E-state index is 0.0849. The fourth-order valence-electron chi connectivity index (χ4n) is 1.42. The zero-order chi connectivity index (χ0) is 11.1. The lowest BCUT2D eigenvalue weighted by atomic mass is 10.2. The lowest BCUT2D eigenvalue weighted by molar-refractivity contribution is -0.118. The quantitative estimate of drug-likeness (QED) is 0.685. The highest BCUT2D eigenvalue weighted by Gasteiger charge is 2.11. The molecule has 0 atom stereocenters. The van der Waals surface area contributed by atoms with E-state index in [0.29, 0.717) is 19.4 Å². The van der Waals surface area contributed by atoms with Crippen LogP contribution in [0.5, 0.6) is 0 Å². The number of amides is 1. The van der Waals surface area contributed by atoms with Gasteiger partial charge < -0.3 is 4.90 Å². The molecule has 0 aliphatic rings. The Kier molecular flexibility index (Phi) is 4.43. The largest absolute Gasteiger partial charge is 0.313 e. The van der Waals surface area contributed by atoms with Crippen LogP contribution in [0, 0.1) is 12.3 Å². The molecule has 0 unspecified atom stereocenters. The van der Waals surface area contributed by atoms with Crippen LogP contribution >= 0.6 is 0 Å². The molecule has 0 aliphatic carbocycles. The zero-order valence-corrected chi connectivity index (χ0v) is 8.94. The summed E-state index contributed by atoms with van der Waals surface area (Å²) < 4.78 is 0. The average molecular weight is 201 g/mol.